The molecule has 0 aliphatic carbocycles. The summed E-state index contributed by atoms with van der Waals surface area (Å²) in [5, 5.41) is 8.71. The second-order valence-electron chi connectivity index (χ2n) is 3.52. The molecule has 1 aromatic carbocycles. The minimum absolute atomic E-state index is 0.559. The van der Waals surface area contributed by atoms with Gasteiger partial charge in [-0.15, -0.1) is 0 Å². The Morgan fingerprint density at radius 2 is 2.20 bits per heavy atom. The number of nitrogen functional groups attached to an aromatic ring is 1. The molecule has 4 heteroatoms. The van der Waals surface area contributed by atoms with Crippen LogP contribution < -0.4 is 10.5 Å². The van der Waals surface area contributed by atoms with E-state index in [-0.39, 0.29) is 0 Å². The van der Waals surface area contributed by atoms with Gasteiger partial charge >= 0.3 is 0 Å². The third-order valence-electron chi connectivity index (χ3n) is 1.94. The molecule has 0 unspecified atom stereocenters. The molecule has 1 aromatic rings. The van der Waals surface area contributed by atoms with Crippen molar-refractivity contribution in [2.45, 2.75) is 0 Å². The normalized spacial score (nSPS) is 10.0. The Hall–Kier alpha value is -1.73. The monoisotopic (exact) mass is 205 g/mol. The number of benzene rings is 1. The van der Waals surface area contributed by atoms with Gasteiger partial charge in [0.2, 0.25) is 0 Å². The molecule has 0 aromatic heterocycles. The van der Waals surface area contributed by atoms with Crippen molar-refractivity contribution in [2.24, 2.45) is 0 Å². The van der Waals surface area contributed by atoms with Crippen molar-refractivity contribution in [1.82, 2.24) is 4.90 Å². The van der Waals surface area contributed by atoms with Gasteiger partial charge in [-0.3, -0.25) is 0 Å². The Morgan fingerprint density at radius 1 is 1.47 bits per heavy atom. The van der Waals surface area contributed by atoms with Crippen LogP contribution in [0.4, 0.5) is 5.69 Å². The third-order valence-corrected chi connectivity index (χ3v) is 1.94. The summed E-state index contributed by atoms with van der Waals surface area (Å²) < 4.78 is 5.47. The maximum atomic E-state index is 8.71. The summed E-state index contributed by atoms with van der Waals surface area (Å²) in [6.07, 6.45) is 0. The maximum Gasteiger partial charge on any atom is 0.143 e. The Balaban J connectivity index is 2.64. The van der Waals surface area contributed by atoms with E-state index < -0.39 is 0 Å². The van der Waals surface area contributed by atoms with Gasteiger partial charge in [0.05, 0.1) is 17.3 Å². The fraction of sp³-hybridized carbons (Fsp3) is 0.364. The summed E-state index contributed by atoms with van der Waals surface area (Å²) in [5.74, 6) is 0.580. The first-order chi connectivity index (χ1) is 7.13. The second-order valence-corrected chi connectivity index (χ2v) is 3.52. The molecule has 0 heterocycles. The van der Waals surface area contributed by atoms with Crippen molar-refractivity contribution >= 4 is 5.69 Å². The summed E-state index contributed by atoms with van der Waals surface area (Å²) >= 11 is 0. The van der Waals surface area contributed by atoms with Gasteiger partial charge in [-0.2, -0.15) is 5.26 Å². The number of anilines is 1. The standard InChI is InChI=1S/C11H15N3O/c1-14(2)5-6-15-11-7-9(8-12)3-4-10(11)13/h3-4,7H,5-6,13H2,1-2H3. The molecule has 80 valence electrons. The number of nitriles is 1. The van der Waals surface area contributed by atoms with E-state index in [1.807, 2.05) is 25.1 Å². The highest BCUT2D eigenvalue weighted by atomic mass is 16.5. The molecule has 2 N–H and O–H groups in total. The van der Waals surface area contributed by atoms with E-state index in [4.69, 9.17) is 15.7 Å². The Bertz CT molecular complexity index is 369. The predicted molar refractivity (Wildman–Crippen MR) is 59.6 cm³/mol. The smallest absolute Gasteiger partial charge is 0.143 e. The van der Waals surface area contributed by atoms with Crippen molar-refractivity contribution in [3.63, 3.8) is 0 Å². The molecule has 0 aliphatic rings. The number of ether oxygens (including phenoxy) is 1. The molecule has 1 rings (SSSR count). The maximum absolute atomic E-state index is 8.71. The highest BCUT2D eigenvalue weighted by Crippen LogP contribution is 2.22. The van der Waals surface area contributed by atoms with Crippen LogP contribution in [0.15, 0.2) is 18.2 Å². The number of likely N-dealkylation sites (N-methyl/N-ethyl adjacent to an activating group) is 1. The van der Waals surface area contributed by atoms with Crippen LogP contribution in [-0.4, -0.2) is 32.1 Å². The summed E-state index contributed by atoms with van der Waals surface area (Å²) in [6, 6.07) is 7.06. The summed E-state index contributed by atoms with van der Waals surface area (Å²) in [7, 11) is 3.94. The summed E-state index contributed by atoms with van der Waals surface area (Å²) in [4.78, 5) is 2.02. The second kappa shape index (κ2) is 5.23. The first kappa shape index (κ1) is 11.3. The minimum atomic E-state index is 0.559. The van der Waals surface area contributed by atoms with E-state index in [0.29, 0.717) is 23.6 Å². The summed E-state index contributed by atoms with van der Waals surface area (Å²) in [6.45, 7) is 1.38. The highest BCUT2D eigenvalue weighted by molar-refractivity contribution is 5.55. The van der Waals surface area contributed by atoms with Gasteiger partial charge in [-0.05, 0) is 26.2 Å². The molecule has 0 spiro atoms. The molecule has 0 fully saturated rings. The average Bonchev–Trinajstić information content (AvgIpc) is 2.20. The molecule has 0 bridgehead atoms. The van der Waals surface area contributed by atoms with Crippen LogP contribution in [-0.2, 0) is 0 Å². The van der Waals surface area contributed by atoms with Crippen LogP contribution in [0.5, 0.6) is 5.75 Å². The fourth-order valence-corrected chi connectivity index (χ4v) is 1.07. The van der Waals surface area contributed by atoms with Crippen molar-refractivity contribution in [3.05, 3.63) is 23.8 Å². The Morgan fingerprint density at radius 3 is 2.80 bits per heavy atom. The van der Waals surface area contributed by atoms with Crippen LogP contribution in [0.1, 0.15) is 5.56 Å². The van der Waals surface area contributed by atoms with Crippen molar-refractivity contribution < 1.29 is 4.74 Å². The van der Waals surface area contributed by atoms with Gasteiger partial charge in [-0.1, -0.05) is 0 Å². The van der Waals surface area contributed by atoms with E-state index in [0.717, 1.165) is 6.54 Å². The van der Waals surface area contributed by atoms with E-state index in [9.17, 15) is 0 Å². The third kappa shape index (κ3) is 3.49. The SMILES string of the molecule is CN(C)CCOc1cc(C#N)ccc1N. The molecule has 4 nitrogen and oxygen atoms in total. The molecule has 0 saturated heterocycles. The van der Waals surface area contributed by atoms with Crippen LogP contribution in [0.2, 0.25) is 0 Å². The first-order valence-corrected chi connectivity index (χ1v) is 4.70. The van der Waals surface area contributed by atoms with Crippen LogP contribution >= 0.6 is 0 Å². The van der Waals surface area contributed by atoms with E-state index >= 15 is 0 Å². The molecule has 15 heavy (non-hydrogen) atoms. The molecule has 0 saturated carbocycles. The zero-order valence-electron chi connectivity index (χ0n) is 9.03. The van der Waals surface area contributed by atoms with Crippen molar-refractivity contribution in [3.8, 4) is 11.8 Å². The quantitative estimate of drug-likeness (QED) is 0.747. The molecule has 0 aliphatic heterocycles. The van der Waals surface area contributed by atoms with E-state index in [1.54, 1.807) is 18.2 Å². The van der Waals surface area contributed by atoms with Gasteiger partial charge in [0.15, 0.2) is 0 Å². The lowest BCUT2D eigenvalue weighted by Gasteiger charge is -2.12. The lowest BCUT2D eigenvalue weighted by Crippen LogP contribution is -2.19. The van der Waals surface area contributed by atoms with Gasteiger partial charge in [-0.25, -0.2) is 0 Å². The van der Waals surface area contributed by atoms with Crippen LogP contribution in [0.25, 0.3) is 0 Å². The number of rotatable bonds is 4. The Labute approximate surface area is 89.9 Å². The molecule has 0 radical (unpaired) electrons. The topological polar surface area (TPSA) is 62.3 Å². The summed E-state index contributed by atoms with van der Waals surface area (Å²) in [5.41, 5.74) is 6.84. The minimum Gasteiger partial charge on any atom is -0.490 e. The van der Waals surface area contributed by atoms with E-state index in [1.165, 1.54) is 0 Å². The number of hydrogen-bond acceptors (Lipinski definition) is 4. The molecular weight excluding hydrogens is 190 g/mol. The van der Waals surface area contributed by atoms with Crippen LogP contribution in [0, 0.1) is 11.3 Å². The molecule has 0 atom stereocenters. The number of nitrogens with zero attached hydrogens (tertiary/aromatic N) is 2. The lowest BCUT2D eigenvalue weighted by molar-refractivity contribution is 0.262. The number of nitrogens with two attached hydrogens (primary N) is 1. The fourth-order valence-electron chi connectivity index (χ4n) is 1.07. The number of hydrogen-bond donors (Lipinski definition) is 1. The highest BCUT2D eigenvalue weighted by Gasteiger charge is 2.02. The largest absolute Gasteiger partial charge is 0.490 e. The van der Waals surface area contributed by atoms with Crippen molar-refractivity contribution in [1.29, 1.82) is 5.26 Å². The van der Waals surface area contributed by atoms with Gasteiger partial charge in [0.1, 0.15) is 12.4 Å². The predicted octanol–water partition coefficient (Wildman–Crippen LogP) is 1.08. The molecule has 0 amide bonds. The lowest BCUT2D eigenvalue weighted by atomic mass is 10.2. The average molecular weight is 205 g/mol. The Kier molecular flexibility index (Phi) is 3.95. The molecular formula is C11H15N3O. The van der Waals surface area contributed by atoms with Crippen LogP contribution in [0.3, 0.4) is 0 Å². The van der Waals surface area contributed by atoms with Gasteiger partial charge in [0, 0.05) is 12.6 Å². The first-order valence-electron chi connectivity index (χ1n) is 4.70. The van der Waals surface area contributed by atoms with Gasteiger partial charge < -0.3 is 15.4 Å². The zero-order valence-corrected chi connectivity index (χ0v) is 9.03. The van der Waals surface area contributed by atoms with Gasteiger partial charge in [0.25, 0.3) is 0 Å². The van der Waals surface area contributed by atoms with E-state index in [2.05, 4.69) is 0 Å². The van der Waals surface area contributed by atoms with Crippen molar-refractivity contribution in [2.75, 3.05) is 33.0 Å². The zero-order chi connectivity index (χ0) is 11.3.